The Kier molecular flexibility index (Phi) is 3.77. The summed E-state index contributed by atoms with van der Waals surface area (Å²) in [7, 11) is 0. The SMILES string of the molecule is CC1(C)C(=O)N(c2ccc(Br)cc2)C(=O)[C@H]2C(=O)Oc3ccccc3[C@@H]21. The molecule has 0 N–H and O–H groups in total. The number of piperidine rings is 1. The van der Waals surface area contributed by atoms with Crippen molar-refractivity contribution in [3.63, 3.8) is 0 Å². The van der Waals surface area contributed by atoms with E-state index in [0.29, 0.717) is 11.4 Å². The molecule has 4 rings (SSSR count). The van der Waals surface area contributed by atoms with Crippen molar-refractivity contribution in [3.05, 3.63) is 58.6 Å². The number of fused-ring (bicyclic) bond motifs is 3. The number of halogens is 1. The van der Waals surface area contributed by atoms with Gasteiger partial charge < -0.3 is 4.74 Å². The van der Waals surface area contributed by atoms with Crippen LogP contribution in [0.25, 0.3) is 0 Å². The molecule has 6 heteroatoms. The number of carbonyl (C=O) groups is 3. The lowest BCUT2D eigenvalue weighted by Crippen LogP contribution is -2.61. The molecule has 0 unspecified atom stereocenters. The molecular formula is C20H16BrNO4. The number of nitrogens with zero attached hydrogens (tertiary/aromatic N) is 1. The fourth-order valence-electron chi connectivity index (χ4n) is 3.86. The number of carbonyl (C=O) groups excluding carboxylic acids is 3. The predicted molar refractivity (Wildman–Crippen MR) is 98.7 cm³/mol. The Morgan fingerprint density at radius 2 is 1.65 bits per heavy atom. The smallest absolute Gasteiger partial charge is 0.324 e. The molecule has 2 aliphatic rings. The first-order chi connectivity index (χ1) is 12.3. The van der Waals surface area contributed by atoms with Gasteiger partial charge in [0.2, 0.25) is 11.8 Å². The summed E-state index contributed by atoms with van der Waals surface area (Å²) < 4.78 is 6.23. The highest BCUT2D eigenvalue weighted by Crippen LogP contribution is 2.52. The average Bonchev–Trinajstić information content (AvgIpc) is 2.61. The fraction of sp³-hybridized carbons (Fsp3) is 0.250. The number of imide groups is 1. The summed E-state index contributed by atoms with van der Waals surface area (Å²) in [5, 5.41) is 0. The highest BCUT2D eigenvalue weighted by Gasteiger charge is 2.59. The molecule has 132 valence electrons. The lowest BCUT2D eigenvalue weighted by atomic mass is 9.63. The van der Waals surface area contributed by atoms with Crippen molar-refractivity contribution >= 4 is 39.4 Å². The third-order valence-corrected chi connectivity index (χ3v) is 5.68. The van der Waals surface area contributed by atoms with E-state index < -0.39 is 29.1 Å². The van der Waals surface area contributed by atoms with Crippen molar-refractivity contribution in [3.8, 4) is 5.75 Å². The van der Waals surface area contributed by atoms with E-state index in [2.05, 4.69) is 15.9 Å². The van der Waals surface area contributed by atoms with Crippen molar-refractivity contribution < 1.29 is 19.1 Å². The maximum atomic E-state index is 13.3. The Hall–Kier alpha value is -2.47. The number of amides is 2. The van der Waals surface area contributed by atoms with Crippen LogP contribution in [0.3, 0.4) is 0 Å². The number of hydrogen-bond acceptors (Lipinski definition) is 4. The number of hydrogen-bond donors (Lipinski definition) is 0. The van der Waals surface area contributed by atoms with E-state index in [1.165, 1.54) is 0 Å². The standard InChI is InChI=1S/C20H16BrNO4/c1-20(2)16-13-5-3-4-6-14(13)26-18(24)15(16)17(23)22(19(20)25)12-9-7-11(21)8-10-12/h3-10,15-16H,1-2H3/t15-,16-/m0/s1. The quantitative estimate of drug-likeness (QED) is 0.309. The van der Waals surface area contributed by atoms with Gasteiger partial charge in [-0.15, -0.1) is 0 Å². The first kappa shape index (κ1) is 17.0. The monoisotopic (exact) mass is 413 g/mol. The van der Waals surface area contributed by atoms with Gasteiger partial charge in [0.15, 0.2) is 0 Å². The zero-order valence-electron chi connectivity index (χ0n) is 14.2. The van der Waals surface area contributed by atoms with Crippen LogP contribution in [0.4, 0.5) is 5.69 Å². The fourth-order valence-corrected chi connectivity index (χ4v) is 4.13. The maximum absolute atomic E-state index is 13.3. The van der Waals surface area contributed by atoms with E-state index in [9.17, 15) is 14.4 Å². The molecular weight excluding hydrogens is 398 g/mol. The second-order valence-electron chi connectivity index (χ2n) is 7.09. The number of benzene rings is 2. The van der Waals surface area contributed by atoms with Crippen LogP contribution >= 0.6 is 15.9 Å². The van der Waals surface area contributed by atoms with Gasteiger partial charge in [-0.25, -0.2) is 4.90 Å². The predicted octanol–water partition coefficient (Wildman–Crippen LogP) is 3.67. The summed E-state index contributed by atoms with van der Waals surface area (Å²) in [6.45, 7) is 3.56. The van der Waals surface area contributed by atoms with Gasteiger partial charge in [0.25, 0.3) is 0 Å². The van der Waals surface area contributed by atoms with Gasteiger partial charge in [-0.3, -0.25) is 14.4 Å². The van der Waals surface area contributed by atoms with Crippen molar-refractivity contribution in [1.82, 2.24) is 0 Å². The topological polar surface area (TPSA) is 63.7 Å². The molecule has 0 aromatic heterocycles. The molecule has 2 aromatic rings. The zero-order chi connectivity index (χ0) is 18.6. The van der Waals surface area contributed by atoms with E-state index in [1.807, 2.05) is 12.1 Å². The van der Waals surface area contributed by atoms with E-state index in [-0.39, 0.29) is 5.91 Å². The van der Waals surface area contributed by atoms with Crippen LogP contribution in [0, 0.1) is 11.3 Å². The Bertz CT molecular complexity index is 935. The van der Waals surface area contributed by atoms with Gasteiger partial charge in [0, 0.05) is 16.0 Å². The Balaban J connectivity index is 1.87. The van der Waals surface area contributed by atoms with E-state index in [1.54, 1.807) is 50.2 Å². The zero-order valence-corrected chi connectivity index (χ0v) is 15.8. The summed E-state index contributed by atoms with van der Waals surface area (Å²) in [5.41, 5.74) is 0.224. The molecule has 0 saturated carbocycles. The van der Waals surface area contributed by atoms with Gasteiger partial charge in [-0.05, 0) is 30.3 Å². The van der Waals surface area contributed by atoms with Crippen molar-refractivity contribution in [2.45, 2.75) is 19.8 Å². The van der Waals surface area contributed by atoms with Crippen LogP contribution in [-0.4, -0.2) is 17.8 Å². The molecule has 0 spiro atoms. The molecule has 1 saturated heterocycles. The minimum absolute atomic E-state index is 0.324. The second kappa shape index (κ2) is 5.77. The summed E-state index contributed by atoms with van der Waals surface area (Å²) in [5.74, 6) is -2.64. The third-order valence-electron chi connectivity index (χ3n) is 5.15. The molecule has 0 aliphatic carbocycles. The van der Waals surface area contributed by atoms with E-state index in [0.717, 1.165) is 14.9 Å². The van der Waals surface area contributed by atoms with Gasteiger partial charge in [-0.1, -0.05) is 48.0 Å². The molecule has 26 heavy (non-hydrogen) atoms. The highest BCUT2D eigenvalue weighted by molar-refractivity contribution is 9.10. The van der Waals surface area contributed by atoms with Crippen LogP contribution in [0.1, 0.15) is 25.3 Å². The van der Waals surface area contributed by atoms with Gasteiger partial charge in [-0.2, -0.15) is 0 Å². The second-order valence-corrected chi connectivity index (χ2v) is 8.01. The van der Waals surface area contributed by atoms with Crippen LogP contribution in [0.2, 0.25) is 0 Å². The molecule has 1 fully saturated rings. The van der Waals surface area contributed by atoms with Crippen LogP contribution in [-0.2, 0) is 14.4 Å². The normalized spacial score (nSPS) is 24.0. The number of ether oxygens (including phenoxy) is 1. The molecule has 2 amide bonds. The molecule has 2 aromatic carbocycles. The third kappa shape index (κ3) is 2.32. The summed E-state index contributed by atoms with van der Waals surface area (Å²) in [6, 6.07) is 14.0. The Morgan fingerprint density at radius 3 is 2.35 bits per heavy atom. The minimum atomic E-state index is -1.04. The average molecular weight is 414 g/mol. The molecule has 2 heterocycles. The highest BCUT2D eigenvalue weighted by atomic mass is 79.9. The summed E-state index contributed by atoms with van der Waals surface area (Å²) >= 11 is 3.34. The molecule has 5 nitrogen and oxygen atoms in total. The maximum Gasteiger partial charge on any atom is 0.324 e. The van der Waals surface area contributed by atoms with E-state index >= 15 is 0 Å². The van der Waals surface area contributed by atoms with Crippen molar-refractivity contribution in [2.75, 3.05) is 4.90 Å². The first-order valence-electron chi connectivity index (χ1n) is 8.27. The number of para-hydroxylation sites is 1. The number of anilines is 1. The molecule has 0 bridgehead atoms. The van der Waals surface area contributed by atoms with Gasteiger partial charge in [0.1, 0.15) is 11.7 Å². The number of esters is 1. The van der Waals surface area contributed by atoms with Crippen molar-refractivity contribution in [2.24, 2.45) is 11.3 Å². The van der Waals surface area contributed by atoms with Crippen LogP contribution in [0.15, 0.2) is 53.0 Å². The largest absolute Gasteiger partial charge is 0.426 e. The lowest BCUT2D eigenvalue weighted by Gasteiger charge is -2.47. The van der Waals surface area contributed by atoms with Crippen LogP contribution in [0.5, 0.6) is 5.75 Å². The summed E-state index contributed by atoms with van der Waals surface area (Å²) in [6.07, 6.45) is 0. The van der Waals surface area contributed by atoms with Crippen molar-refractivity contribution in [1.29, 1.82) is 0 Å². The lowest BCUT2D eigenvalue weighted by molar-refractivity contribution is -0.154. The number of rotatable bonds is 1. The van der Waals surface area contributed by atoms with E-state index in [4.69, 9.17) is 4.74 Å². The Labute approximate surface area is 159 Å². The molecule has 2 atom stereocenters. The Morgan fingerprint density at radius 1 is 1.00 bits per heavy atom. The minimum Gasteiger partial charge on any atom is -0.426 e. The summed E-state index contributed by atoms with van der Waals surface area (Å²) in [4.78, 5) is 40.2. The first-order valence-corrected chi connectivity index (χ1v) is 9.06. The van der Waals surface area contributed by atoms with Gasteiger partial charge in [0.05, 0.1) is 11.1 Å². The van der Waals surface area contributed by atoms with Gasteiger partial charge >= 0.3 is 5.97 Å². The molecule has 0 radical (unpaired) electrons. The van der Waals surface area contributed by atoms with Crippen LogP contribution < -0.4 is 9.64 Å². The molecule has 2 aliphatic heterocycles.